The number of nitrogens with zero attached hydrogens (tertiary/aromatic N) is 2. The Morgan fingerprint density at radius 1 is 1.06 bits per heavy atom. The largest absolute Gasteiger partial charge is 0.484 e. The lowest BCUT2D eigenvalue weighted by Gasteiger charge is -2.15. The van der Waals surface area contributed by atoms with E-state index in [2.05, 4.69) is 15.5 Å². The van der Waals surface area contributed by atoms with Crippen LogP contribution in [0.4, 0.5) is 10.1 Å². The number of carbonyl (C=O) groups is 1. The van der Waals surface area contributed by atoms with Gasteiger partial charge in [0.15, 0.2) is 6.61 Å². The summed E-state index contributed by atoms with van der Waals surface area (Å²) in [5, 5.41) is 10.5. The zero-order chi connectivity index (χ0) is 22.3. The molecule has 3 aromatic carbocycles. The first-order valence-corrected chi connectivity index (χ1v) is 10.7. The second-order valence-corrected chi connectivity index (χ2v) is 8.03. The molecule has 6 nitrogen and oxygen atoms in total. The summed E-state index contributed by atoms with van der Waals surface area (Å²) >= 11 is 1.14. The van der Waals surface area contributed by atoms with Gasteiger partial charge in [0.2, 0.25) is 5.91 Å². The highest BCUT2D eigenvalue weighted by molar-refractivity contribution is 8.00. The quantitative estimate of drug-likeness (QED) is 0.355. The van der Waals surface area contributed by atoms with Crippen LogP contribution in [0.25, 0.3) is 0 Å². The van der Waals surface area contributed by atoms with E-state index in [9.17, 15) is 9.18 Å². The van der Waals surface area contributed by atoms with E-state index in [1.54, 1.807) is 0 Å². The van der Waals surface area contributed by atoms with E-state index < -0.39 is 5.25 Å². The van der Waals surface area contributed by atoms with Crippen LogP contribution in [0.1, 0.15) is 22.3 Å². The molecule has 32 heavy (non-hydrogen) atoms. The number of ether oxygens (including phenoxy) is 1. The van der Waals surface area contributed by atoms with E-state index >= 15 is 0 Å². The zero-order valence-electron chi connectivity index (χ0n) is 17.2. The Morgan fingerprint density at radius 2 is 1.84 bits per heavy atom. The molecule has 162 valence electrons. The van der Waals surface area contributed by atoms with Crippen LogP contribution in [0, 0.1) is 12.7 Å². The number of thioether (sulfide) groups is 1. The number of carbonyl (C=O) groups excluding carboxylic acids is 1. The summed E-state index contributed by atoms with van der Waals surface area (Å²) in [5.74, 6) is 0.352. The fourth-order valence-corrected chi connectivity index (χ4v) is 3.83. The van der Waals surface area contributed by atoms with Gasteiger partial charge >= 0.3 is 0 Å². The molecule has 0 bridgehead atoms. The van der Waals surface area contributed by atoms with Crippen LogP contribution < -0.4 is 10.1 Å². The van der Waals surface area contributed by atoms with Crippen molar-refractivity contribution in [1.82, 2.24) is 10.2 Å². The second-order valence-electron chi connectivity index (χ2n) is 6.97. The number of amides is 1. The van der Waals surface area contributed by atoms with Gasteiger partial charge in [-0.15, -0.1) is 10.2 Å². The van der Waals surface area contributed by atoms with E-state index in [4.69, 9.17) is 9.15 Å². The lowest BCUT2D eigenvalue weighted by molar-refractivity contribution is -0.115. The normalized spacial score (nSPS) is 11.7. The minimum Gasteiger partial charge on any atom is -0.484 e. The summed E-state index contributed by atoms with van der Waals surface area (Å²) in [7, 11) is 0. The predicted molar refractivity (Wildman–Crippen MR) is 120 cm³/mol. The van der Waals surface area contributed by atoms with Crippen molar-refractivity contribution in [2.75, 3.05) is 5.32 Å². The summed E-state index contributed by atoms with van der Waals surface area (Å²) in [6.45, 7) is 2.10. The monoisotopic (exact) mass is 449 g/mol. The third kappa shape index (κ3) is 5.73. The lowest BCUT2D eigenvalue weighted by Crippen LogP contribution is -2.19. The maximum absolute atomic E-state index is 13.2. The van der Waals surface area contributed by atoms with Gasteiger partial charge in [0.05, 0.1) is 0 Å². The molecule has 1 heterocycles. The van der Waals surface area contributed by atoms with Crippen molar-refractivity contribution in [1.29, 1.82) is 0 Å². The van der Waals surface area contributed by atoms with Gasteiger partial charge in [0.1, 0.15) is 16.8 Å². The summed E-state index contributed by atoms with van der Waals surface area (Å²) < 4.78 is 24.6. The first-order valence-electron chi connectivity index (χ1n) is 9.87. The maximum Gasteiger partial charge on any atom is 0.277 e. The summed E-state index contributed by atoms with van der Waals surface area (Å²) in [5.41, 5.74) is 2.35. The molecule has 1 atom stereocenters. The third-order valence-electron chi connectivity index (χ3n) is 4.47. The predicted octanol–water partition coefficient (Wildman–Crippen LogP) is 5.57. The van der Waals surface area contributed by atoms with Gasteiger partial charge in [-0.1, -0.05) is 42.5 Å². The van der Waals surface area contributed by atoms with E-state index in [1.165, 1.54) is 24.3 Å². The van der Waals surface area contributed by atoms with Crippen molar-refractivity contribution in [2.45, 2.75) is 24.0 Å². The van der Waals surface area contributed by atoms with E-state index in [0.29, 0.717) is 17.3 Å². The molecule has 1 amide bonds. The third-order valence-corrected chi connectivity index (χ3v) is 5.56. The van der Waals surface area contributed by atoms with Gasteiger partial charge in [0, 0.05) is 5.69 Å². The molecule has 0 aliphatic rings. The van der Waals surface area contributed by atoms with Gasteiger partial charge < -0.3 is 14.5 Å². The molecule has 0 saturated heterocycles. The standard InChI is InChI=1S/C24H20FN3O3S/c1-16-6-5-9-20(14-16)30-15-21-27-28-24(31-21)32-22(17-7-3-2-4-8-17)23(29)26-19-12-10-18(25)11-13-19/h2-14,22H,15H2,1H3,(H,26,29)/t22-/m0/s1. The number of aryl methyl sites for hydroxylation is 1. The number of hydrogen-bond acceptors (Lipinski definition) is 6. The van der Waals surface area contributed by atoms with Crippen LogP contribution in [0.15, 0.2) is 88.5 Å². The Morgan fingerprint density at radius 3 is 2.59 bits per heavy atom. The number of anilines is 1. The van der Waals surface area contributed by atoms with Crippen molar-refractivity contribution in [3.8, 4) is 5.75 Å². The Kier molecular flexibility index (Phi) is 6.81. The van der Waals surface area contributed by atoms with Crippen molar-refractivity contribution >= 4 is 23.4 Å². The number of aromatic nitrogens is 2. The topological polar surface area (TPSA) is 77.2 Å². The Labute approximate surface area is 188 Å². The van der Waals surface area contributed by atoms with E-state index in [0.717, 1.165) is 22.9 Å². The average Bonchev–Trinajstić information content (AvgIpc) is 3.26. The molecule has 0 aliphatic heterocycles. The SMILES string of the molecule is Cc1cccc(OCc2nnc(S[C@H](C(=O)Nc3ccc(F)cc3)c3ccccc3)o2)c1. The fourth-order valence-electron chi connectivity index (χ4n) is 2.94. The number of nitrogens with one attached hydrogen (secondary N) is 1. The number of hydrogen-bond donors (Lipinski definition) is 1. The number of benzene rings is 3. The maximum atomic E-state index is 13.2. The fraction of sp³-hybridized carbons (Fsp3) is 0.125. The van der Waals surface area contributed by atoms with Crippen LogP contribution in [-0.4, -0.2) is 16.1 Å². The molecule has 0 spiro atoms. The van der Waals surface area contributed by atoms with Gasteiger partial charge in [-0.3, -0.25) is 4.79 Å². The van der Waals surface area contributed by atoms with Crippen molar-refractivity contribution in [2.24, 2.45) is 0 Å². The Hall–Kier alpha value is -3.65. The molecule has 0 unspecified atom stereocenters. The van der Waals surface area contributed by atoms with E-state index in [-0.39, 0.29) is 23.6 Å². The zero-order valence-corrected chi connectivity index (χ0v) is 18.0. The van der Waals surface area contributed by atoms with Gasteiger partial charge in [-0.05, 0) is 66.2 Å². The molecular formula is C24H20FN3O3S. The molecule has 0 saturated carbocycles. The summed E-state index contributed by atoms with van der Waals surface area (Å²) in [6.07, 6.45) is 0. The van der Waals surface area contributed by atoms with Crippen molar-refractivity contribution < 1.29 is 18.3 Å². The lowest BCUT2D eigenvalue weighted by atomic mass is 10.1. The van der Waals surface area contributed by atoms with E-state index in [1.807, 2.05) is 61.5 Å². The molecule has 4 rings (SSSR count). The Bertz CT molecular complexity index is 1180. The highest BCUT2D eigenvalue weighted by atomic mass is 32.2. The summed E-state index contributed by atoms with van der Waals surface area (Å²) in [6, 6.07) is 22.5. The molecular weight excluding hydrogens is 429 g/mol. The number of halogens is 1. The van der Waals surface area contributed by atoms with Crippen LogP contribution in [0.2, 0.25) is 0 Å². The van der Waals surface area contributed by atoms with Crippen molar-refractivity contribution in [3.63, 3.8) is 0 Å². The molecule has 8 heteroatoms. The minimum absolute atomic E-state index is 0.120. The van der Waals surface area contributed by atoms with Crippen LogP contribution in [-0.2, 0) is 11.4 Å². The smallest absolute Gasteiger partial charge is 0.277 e. The summed E-state index contributed by atoms with van der Waals surface area (Å²) in [4.78, 5) is 13.0. The van der Waals surface area contributed by atoms with Gasteiger partial charge in [-0.2, -0.15) is 0 Å². The van der Waals surface area contributed by atoms with Gasteiger partial charge in [-0.25, -0.2) is 4.39 Å². The minimum atomic E-state index is -0.646. The molecule has 1 N–H and O–H groups in total. The molecule has 0 aliphatic carbocycles. The second kappa shape index (κ2) is 10.1. The van der Waals surface area contributed by atoms with Crippen LogP contribution in [0.5, 0.6) is 5.75 Å². The molecule has 0 radical (unpaired) electrons. The highest BCUT2D eigenvalue weighted by Crippen LogP contribution is 2.35. The first kappa shape index (κ1) is 21.6. The van der Waals surface area contributed by atoms with Gasteiger partial charge in [0.25, 0.3) is 11.1 Å². The number of rotatable bonds is 8. The van der Waals surface area contributed by atoms with Crippen LogP contribution in [0.3, 0.4) is 0 Å². The molecule has 0 fully saturated rings. The Balaban J connectivity index is 1.46. The highest BCUT2D eigenvalue weighted by Gasteiger charge is 2.25. The molecule has 1 aromatic heterocycles. The van der Waals surface area contributed by atoms with Crippen molar-refractivity contribution in [3.05, 3.63) is 102 Å². The molecule has 4 aromatic rings. The average molecular weight is 450 g/mol. The van der Waals surface area contributed by atoms with Crippen LogP contribution >= 0.6 is 11.8 Å². The first-order chi connectivity index (χ1) is 15.6.